The van der Waals surface area contributed by atoms with Gasteiger partial charge < -0.3 is 14.6 Å². The molecule has 6 nitrogen and oxygen atoms in total. The van der Waals surface area contributed by atoms with Crippen molar-refractivity contribution in [1.29, 1.82) is 0 Å². The predicted octanol–water partition coefficient (Wildman–Crippen LogP) is 3.36. The fourth-order valence-electron chi connectivity index (χ4n) is 3.85. The highest BCUT2D eigenvalue weighted by molar-refractivity contribution is 5.97. The lowest BCUT2D eigenvalue weighted by atomic mass is 9.96. The molecule has 2 aromatic heterocycles. The second kappa shape index (κ2) is 7.84. The number of aromatic nitrogens is 3. The monoisotopic (exact) mass is 376 g/mol. The van der Waals surface area contributed by atoms with E-state index >= 15 is 0 Å². The Labute approximate surface area is 164 Å². The number of pyridine rings is 1. The molecule has 0 spiro atoms. The molecule has 6 heteroatoms. The highest BCUT2D eigenvalue weighted by Gasteiger charge is 2.29. The van der Waals surface area contributed by atoms with E-state index in [1.807, 2.05) is 48.5 Å². The van der Waals surface area contributed by atoms with Crippen molar-refractivity contribution in [2.45, 2.75) is 32.2 Å². The molecule has 0 saturated carbocycles. The molecule has 4 rings (SSSR count). The SMILES string of the molecule is Cc1ccc(C(=O)N2CCC[C@@H](c3nccn3Cc3ccccn3)C2)c(O)c1. The number of carbonyl (C=O) groups excluding carboxylic acids is 1. The van der Waals surface area contributed by atoms with Crippen molar-refractivity contribution in [2.24, 2.45) is 0 Å². The lowest BCUT2D eigenvalue weighted by Gasteiger charge is -2.33. The first-order chi connectivity index (χ1) is 13.6. The van der Waals surface area contributed by atoms with Crippen LogP contribution in [0.5, 0.6) is 5.75 Å². The van der Waals surface area contributed by atoms with E-state index in [0.29, 0.717) is 25.2 Å². The number of hydrogen-bond donors (Lipinski definition) is 1. The van der Waals surface area contributed by atoms with E-state index < -0.39 is 0 Å². The minimum absolute atomic E-state index is 0.0452. The van der Waals surface area contributed by atoms with Crippen molar-refractivity contribution in [2.75, 3.05) is 13.1 Å². The summed E-state index contributed by atoms with van der Waals surface area (Å²) in [5, 5.41) is 10.2. The molecule has 1 aliphatic heterocycles. The van der Waals surface area contributed by atoms with E-state index in [2.05, 4.69) is 14.5 Å². The molecule has 1 aromatic carbocycles. The van der Waals surface area contributed by atoms with Gasteiger partial charge >= 0.3 is 0 Å². The van der Waals surface area contributed by atoms with E-state index in [-0.39, 0.29) is 17.6 Å². The predicted molar refractivity (Wildman–Crippen MR) is 106 cm³/mol. The summed E-state index contributed by atoms with van der Waals surface area (Å²) in [6.45, 7) is 3.86. The second-order valence-corrected chi connectivity index (χ2v) is 7.35. The first-order valence-corrected chi connectivity index (χ1v) is 9.61. The maximum Gasteiger partial charge on any atom is 0.257 e. The molecule has 1 amide bonds. The Morgan fingerprint density at radius 3 is 2.89 bits per heavy atom. The molecule has 3 aromatic rings. The van der Waals surface area contributed by atoms with Crippen molar-refractivity contribution in [3.05, 3.63) is 77.6 Å². The first kappa shape index (κ1) is 18.2. The number of hydrogen-bond acceptors (Lipinski definition) is 4. The Hall–Kier alpha value is -3.15. The third kappa shape index (κ3) is 3.76. The van der Waals surface area contributed by atoms with Gasteiger partial charge in [-0.2, -0.15) is 0 Å². The zero-order valence-electron chi connectivity index (χ0n) is 16.0. The van der Waals surface area contributed by atoms with Crippen LogP contribution in [0.3, 0.4) is 0 Å². The number of imidazole rings is 1. The number of benzene rings is 1. The number of phenols is 1. The summed E-state index contributed by atoms with van der Waals surface area (Å²) in [6.07, 6.45) is 7.48. The van der Waals surface area contributed by atoms with Gasteiger partial charge in [-0.25, -0.2) is 4.98 Å². The molecule has 1 fully saturated rings. The smallest absolute Gasteiger partial charge is 0.257 e. The van der Waals surface area contributed by atoms with Crippen molar-refractivity contribution >= 4 is 5.91 Å². The molecule has 0 bridgehead atoms. The van der Waals surface area contributed by atoms with Gasteiger partial charge in [-0.1, -0.05) is 12.1 Å². The number of amides is 1. The largest absolute Gasteiger partial charge is 0.507 e. The second-order valence-electron chi connectivity index (χ2n) is 7.35. The van der Waals surface area contributed by atoms with Crippen LogP contribution in [-0.2, 0) is 6.54 Å². The third-order valence-electron chi connectivity index (χ3n) is 5.26. The molecule has 1 atom stereocenters. The molecule has 1 aliphatic rings. The van der Waals surface area contributed by atoms with Crippen LogP contribution in [0, 0.1) is 6.92 Å². The minimum Gasteiger partial charge on any atom is -0.507 e. The average Bonchev–Trinajstić information content (AvgIpc) is 3.16. The molecule has 144 valence electrons. The number of rotatable bonds is 4. The van der Waals surface area contributed by atoms with Crippen LogP contribution in [-0.4, -0.2) is 43.5 Å². The molecule has 3 heterocycles. The molecular formula is C22H24N4O2. The highest BCUT2D eigenvalue weighted by atomic mass is 16.3. The zero-order chi connectivity index (χ0) is 19.5. The van der Waals surface area contributed by atoms with Gasteiger partial charge in [0.1, 0.15) is 11.6 Å². The van der Waals surface area contributed by atoms with Crippen molar-refractivity contribution < 1.29 is 9.90 Å². The molecular weight excluding hydrogens is 352 g/mol. The summed E-state index contributed by atoms with van der Waals surface area (Å²) >= 11 is 0. The van der Waals surface area contributed by atoms with Crippen LogP contribution in [0.1, 0.15) is 46.2 Å². The van der Waals surface area contributed by atoms with E-state index in [4.69, 9.17) is 0 Å². The van der Waals surface area contributed by atoms with Gasteiger partial charge in [-0.3, -0.25) is 9.78 Å². The number of phenolic OH excluding ortho intramolecular Hbond substituents is 1. The Balaban J connectivity index is 1.52. The van der Waals surface area contributed by atoms with Crippen LogP contribution in [0.15, 0.2) is 55.0 Å². The van der Waals surface area contributed by atoms with Crippen LogP contribution >= 0.6 is 0 Å². The lowest BCUT2D eigenvalue weighted by Crippen LogP contribution is -2.39. The minimum atomic E-state index is -0.120. The number of piperidine rings is 1. The molecule has 1 saturated heterocycles. The molecule has 28 heavy (non-hydrogen) atoms. The molecule has 0 aliphatic carbocycles. The van der Waals surface area contributed by atoms with Gasteiger partial charge in [0.05, 0.1) is 17.8 Å². The van der Waals surface area contributed by atoms with Crippen molar-refractivity contribution in [3.63, 3.8) is 0 Å². The quantitative estimate of drug-likeness (QED) is 0.758. The van der Waals surface area contributed by atoms with Gasteiger partial charge in [0.25, 0.3) is 5.91 Å². The van der Waals surface area contributed by atoms with Gasteiger partial charge in [0.15, 0.2) is 0 Å². The third-order valence-corrected chi connectivity index (χ3v) is 5.26. The number of aromatic hydroxyl groups is 1. The summed E-state index contributed by atoms with van der Waals surface area (Å²) in [5.74, 6) is 1.08. The summed E-state index contributed by atoms with van der Waals surface area (Å²) < 4.78 is 2.12. The van der Waals surface area contributed by atoms with Crippen LogP contribution in [0.4, 0.5) is 0 Å². The standard InChI is InChI=1S/C22H24N4O2/c1-16-7-8-19(20(27)13-16)22(28)26-11-4-5-17(14-26)21-24-10-12-25(21)15-18-6-2-3-9-23-18/h2-3,6-10,12-13,17,27H,4-5,11,14-15H2,1H3/t17-/m1/s1. The van der Waals surface area contributed by atoms with E-state index in [1.165, 1.54) is 0 Å². The Bertz CT molecular complexity index is 968. The van der Waals surface area contributed by atoms with E-state index in [0.717, 1.165) is 29.9 Å². The van der Waals surface area contributed by atoms with E-state index in [1.54, 1.807) is 18.3 Å². The summed E-state index contributed by atoms with van der Waals surface area (Å²) in [4.78, 5) is 23.8. The van der Waals surface area contributed by atoms with Crippen molar-refractivity contribution in [1.82, 2.24) is 19.4 Å². The lowest BCUT2D eigenvalue weighted by molar-refractivity contribution is 0.0700. The van der Waals surface area contributed by atoms with Gasteiger partial charge in [-0.15, -0.1) is 0 Å². The average molecular weight is 376 g/mol. The fraction of sp³-hybridized carbons (Fsp3) is 0.318. The molecule has 0 unspecified atom stereocenters. The van der Waals surface area contributed by atoms with Crippen molar-refractivity contribution in [3.8, 4) is 5.75 Å². The zero-order valence-corrected chi connectivity index (χ0v) is 16.0. The maximum atomic E-state index is 13.0. The fourth-order valence-corrected chi connectivity index (χ4v) is 3.85. The summed E-state index contributed by atoms with van der Waals surface area (Å²) in [6, 6.07) is 11.1. The van der Waals surface area contributed by atoms with Crippen LogP contribution < -0.4 is 0 Å². The van der Waals surface area contributed by atoms with Crippen LogP contribution in [0.25, 0.3) is 0 Å². The van der Waals surface area contributed by atoms with Gasteiger partial charge in [-0.05, 0) is 49.6 Å². The Kier molecular flexibility index (Phi) is 5.10. The normalized spacial score (nSPS) is 16.9. The van der Waals surface area contributed by atoms with E-state index in [9.17, 15) is 9.90 Å². The molecule has 0 radical (unpaired) electrons. The Morgan fingerprint density at radius 1 is 1.21 bits per heavy atom. The first-order valence-electron chi connectivity index (χ1n) is 9.61. The number of carbonyl (C=O) groups is 1. The summed E-state index contributed by atoms with van der Waals surface area (Å²) in [7, 11) is 0. The van der Waals surface area contributed by atoms with Gasteiger partial charge in [0.2, 0.25) is 0 Å². The van der Waals surface area contributed by atoms with Gasteiger partial charge in [0, 0.05) is 37.6 Å². The number of aryl methyl sites for hydroxylation is 1. The highest BCUT2D eigenvalue weighted by Crippen LogP contribution is 2.29. The Morgan fingerprint density at radius 2 is 2.11 bits per heavy atom. The number of likely N-dealkylation sites (tertiary alicyclic amines) is 1. The topological polar surface area (TPSA) is 71.2 Å². The maximum absolute atomic E-state index is 13.0. The molecule has 1 N–H and O–H groups in total. The summed E-state index contributed by atoms with van der Waals surface area (Å²) in [5.41, 5.74) is 2.28. The van der Waals surface area contributed by atoms with Crippen LogP contribution in [0.2, 0.25) is 0 Å². The number of nitrogens with zero attached hydrogens (tertiary/aromatic N) is 4.